The van der Waals surface area contributed by atoms with Gasteiger partial charge in [-0.05, 0) is 64.4 Å². The molecule has 0 aliphatic heterocycles. The van der Waals surface area contributed by atoms with Gasteiger partial charge >= 0.3 is 0 Å². The van der Waals surface area contributed by atoms with Gasteiger partial charge in [0.2, 0.25) is 5.88 Å². The highest BCUT2D eigenvalue weighted by Crippen LogP contribution is 2.29. The fourth-order valence-corrected chi connectivity index (χ4v) is 2.35. The summed E-state index contributed by atoms with van der Waals surface area (Å²) < 4.78 is 7.01. The molecule has 3 aromatic rings. The van der Waals surface area contributed by atoms with E-state index in [0.29, 0.717) is 11.6 Å². The van der Waals surface area contributed by atoms with Crippen molar-refractivity contribution in [2.45, 2.75) is 6.61 Å². The van der Waals surface area contributed by atoms with Gasteiger partial charge < -0.3 is 9.84 Å². The first-order valence-electron chi connectivity index (χ1n) is 6.19. The van der Waals surface area contributed by atoms with Gasteiger partial charge in [0, 0.05) is 8.96 Å². The highest BCUT2D eigenvalue weighted by Gasteiger charge is 2.07. The predicted octanol–water partition coefficient (Wildman–Crippen LogP) is 4.12. The fraction of sp³-hybridized carbons (Fsp3) is 0.0625. The molecule has 0 aliphatic rings. The van der Waals surface area contributed by atoms with Crippen LogP contribution in [0.25, 0.3) is 10.8 Å². The molecule has 1 aromatic heterocycles. The largest absolute Gasteiger partial charge is 0.438 e. The van der Waals surface area contributed by atoms with Crippen LogP contribution in [0.5, 0.6) is 11.6 Å². The van der Waals surface area contributed by atoms with Crippen molar-refractivity contribution < 1.29 is 9.84 Å². The number of aliphatic hydroxyl groups excluding tert-OH is 1. The molecule has 0 fully saturated rings. The van der Waals surface area contributed by atoms with Crippen LogP contribution in [0, 0.1) is 3.57 Å². The third-order valence-electron chi connectivity index (χ3n) is 2.95. The number of hydrogen-bond acceptors (Lipinski definition) is 3. The van der Waals surface area contributed by atoms with Crippen molar-refractivity contribution in [3.8, 4) is 11.6 Å². The summed E-state index contributed by atoms with van der Waals surface area (Å²) in [6.07, 6.45) is 0. The van der Waals surface area contributed by atoms with E-state index in [0.717, 1.165) is 20.1 Å². The van der Waals surface area contributed by atoms with Gasteiger partial charge in [-0.1, -0.05) is 18.2 Å². The lowest BCUT2D eigenvalue weighted by atomic mass is 10.1. The van der Waals surface area contributed by atoms with Gasteiger partial charge in [0.05, 0.1) is 12.3 Å². The summed E-state index contributed by atoms with van der Waals surface area (Å²) in [5.74, 6) is 1.26. The Morgan fingerprint density at radius 2 is 1.80 bits per heavy atom. The lowest BCUT2D eigenvalue weighted by Crippen LogP contribution is -1.95. The molecule has 2 aromatic carbocycles. The molecule has 0 amide bonds. The van der Waals surface area contributed by atoms with E-state index in [1.165, 1.54) is 0 Å². The highest BCUT2D eigenvalue weighted by molar-refractivity contribution is 14.1. The van der Waals surface area contributed by atoms with Gasteiger partial charge in [0.25, 0.3) is 0 Å². The first-order valence-corrected chi connectivity index (χ1v) is 7.27. The van der Waals surface area contributed by atoms with E-state index in [1.54, 1.807) is 0 Å². The smallest absolute Gasteiger partial charge is 0.227 e. The molecule has 0 radical (unpaired) electrons. The lowest BCUT2D eigenvalue weighted by Gasteiger charge is -2.09. The van der Waals surface area contributed by atoms with Crippen LogP contribution in [0.4, 0.5) is 0 Å². The quantitative estimate of drug-likeness (QED) is 0.699. The summed E-state index contributed by atoms with van der Waals surface area (Å²) >= 11 is 2.25. The summed E-state index contributed by atoms with van der Waals surface area (Å²) in [5.41, 5.74) is 0.601. The maximum Gasteiger partial charge on any atom is 0.227 e. The second-order valence-electron chi connectivity index (χ2n) is 4.35. The molecule has 0 unspecified atom stereocenters. The Morgan fingerprint density at radius 1 is 1.05 bits per heavy atom. The Labute approximate surface area is 130 Å². The van der Waals surface area contributed by atoms with Gasteiger partial charge in [-0.2, -0.15) is 0 Å². The van der Waals surface area contributed by atoms with E-state index in [4.69, 9.17) is 4.74 Å². The van der Waals surface area contributed by atoms with E-state index in [9.17, 15) is 5.11 Å². The molecule has 1 N–H and O–H groups in total. The van der Waals surface area contributed by atoms with E-state index < -0.39 is 0 Å². The average Bonchev–Trinajstić information content (AvgIpc) is 2.49. The van der Waals surface area contributed by atoms with Crippen molar-refractivity contribution in [3.05, 3.63) is 63.9 Å². The van der Waals surface area contributed by atoms with Crippen LogP contribution in [0.1, 0.15) is 5.69 Å². The molecule has 100 valence electrons. The number of aliphatic hydroxyl groups is 1. The predicted molar refractivity (Wildman–Crippen MR) is 86.9 cm³/mol. The Hall–Kier alpha value is -1.66. The number of benzene rings is 2. The van der Waals surface area contributed by atoms with Crippen LogP contribution in [-0.4, -0.2) is 10.1 Å². The molecule has 3 rings (SSSR count). The summed E-state index contributed by atoms with van der Waals surface area (Å²) in [6, 6.07) is 17.5. The maximum absolute atomic E-state index is 9.30. The Bertz CT molecular complexity index is 741. The van der Waals surface area contributed by atoms with Crippen molar-refractivity contribution in [2.75, 3.05) is 0 Å². The van der Waals surface area contributed by atoms with Gasteiger partial charge in [-0.15, -0.1) is 0 Å². The molecule has 1 heterocycles. The van der Waals surface area contributed by atoms with E-state index in [1.807, 2.05) is 54.6 Å². The number of fused-ring (bicyclic) bond motifs is 1. The minimum Gasteiger partial charge on any atom is -0.438 e. The Kier molecular flexibility index (Phi) is 3.84. The number of aromatic nitrogens is 1. The first-order chi connectivity index (χ1) is 9.76. The van der Waals surface area contributed by atoms with E-state index >= 15 is 0 Å². The zero-order valence-electron chi connectivity index (χ0n) is 10.6. The molecule has 20 heavy (non-hydrogen) atoms. The van der Waals surface area contributed by atoms with Crippen molar-refractivity contribution in [1.82, 2.24) is 4.98 Å². The number of pyridine rings is 1. The topological polar surface area (TPSA) is 42.4 Å². The maximum atomic E-state index is 9.30. The normalized spacial score (nSPS) is 10.7. The monoisotopic (exact) mass is 377 g/mol. The fourth-order valence-electron chi connectivity index (χ4n) is 1.99. The zero-order chi connectivity index (χ0) is 13.9. The average molecular weight is 377 g/mol. The molecule has 0 saturated heterocycles. The molecule has 0 atom stereocenters. The van der Waals surface area contributed by atoms with Crippen LogP contribution in [0.15, 0.2) is 54.6 Å². The molecule has 0 spiro atoms. The summed E-state index contributed by atoms with van der Waals surface area (Å²) in [7, 11) is 0. The molecule has 4 heteroatoms. The third-order valence-corrected chi connectivity index (χ3v) is 3.67. The van der Waals surface area contributed by atoms with Crippen molar-refractivity contribution in [1.29, 1.82) is 0 Å². The minimum atomic E-state index is -0.103. The van der Waals surface area contributed by atoms with Gasteiger partial charge in [0.1, 0.15) is 5.75 Å². The van der Waals surface area contributed by atoms with Crippen LogP contribution in [-0.2, 0) is 6.61 Å². The first kappa shape index (κ1) is 13.3. The third kappa shape index (κ3) is 2.76. The Balaban J connectivity index is 2.07. The molecular formula is C16H12INO2. The number of halogens is 1. The molecule has 0 bridgehead atoms. The van der Waals surface area contributed by atoms with Crippen LogP contribution in [0.3, 0.4) is 0 Å². The molecular weight excluding hydrogens is 365 g/mol. The molecule has 0 aliphatic carbocycles. The van der Waals surface area contributed by atoms with E-state index in [2.05, 4.69) is 27.6 Å². The summed E-state index contributed by atoms with van der Waals surface area (Å²) in [6.45, 7) is -0.103. The Morgan fingerprint density at radius 3 is 2.55 bits per heavy atom. The van der Waals surface area contributed by atoms with Gasteiger partial charge in [0.15, 0.2) is 0 Å². The number of hydrogen-bond donors (Lipinski definition) is 1. The molecule has 0 saturated carbocycles. The molecule has 3 nitrogen and oxygen atoms in total. The van der Waals surface area contributed by atoms with Crippen LogP contribution < -0.4 is 4.74 Å². The summed E-state index contributed by atoms with van der Waals surface area (Å²) in [5, 5.41) is 11.2. The van der Waals surface area contributed by atoms with E-state index in [-0.39, 0.29) is 6.61 Å². The van der Waals surface area contributed by atoms with Crippen molar-refractivity contribution >= 4 is 33.4 Å². The number of ether oxygens (including phenoxy) is 1. The number of nitrogens with zero attached hydrogens (tertiary/aromatic N) is 1. The standard InChI is InChI=1S/C16H12INO2/c17-12-5-7-14(8-6-12)20-16-15-4-2-1-3-11(15)9-13(10-19)18-16/h1-9,19H,10H2. The zero-order valence-corrected chi connectivity index (χ0v) is 12.7. The minimum absolute atomic E-state index is 0.103. The summed E-state index contributed by atoms with van der Waals surface area (Å²) in [4.78, 5) is 4.36. The van der Waals surface area contributed by atoms with Crippen LogP contribution in [0.2, 0.25) is 0 Å². The van der Waals surface area contributed by atoms with Gasteiger partial charge in [-0.25, -0.2) is 4.98 Å². The SMILES string of the molecule is OCc1cc2ccccc2c(Oc2ccc(I)cc2)n1. The lowest BCUT2D eigenvalue weighted by molar-refractivity contribution is 0.275. The van der Waals surface area contributed by atoms with Gasteiger partial charge in [-0.3, -0.25) is 0 Å². The second kappa shape index (κ2) is 5.76. The van der Waals surface area contributed by atoms with Crippen molar-refractivity contribution in [3.63, 3.8) is 0 Å². The number of rotatable bonds is 3. The van der Waals surface area contributed by atoms with Crippen LogP contribution >= 0.6 is 22.6 Å². The van der Waals surface area contributed by atoms with Crippen molar-refractivity contribution in [2.24, 2.45) is 0 Å². The second-order valence-corrected chi connectivity index (χ2v) is 5.60. The highest BCUT2D eigenvalue weighted by atomic mass is 127.